The van der Waals surface area contributed by atoms with E-state index in [0.29, 0.717) is 6.42 Å². The molecule has 4 nitrogen and oxygen atoms in total. The monoisotopic (exact) mass is 315 g/mol. The molecule has 1 saturated heterocycles. The lowest BCUT2D eigenvalue weighted by Crippen LogP contribution is -2.35. The van der Waals surface area contributed by atoms with Crippen molar-refractivity contribution in [1.82, 2.24) is 5.32 Å². The highest BCUT2D eigenvalue weighted by molar-refractivity contribution is 5.94. The molecule has 2 heterocycles. The largest absolute Gasteiger partial charge is 0.385 e. The summed E-state index contributed by atoms with van der Waals surface area (Å²) in [5.41, 5.74) is 3.64. The zero-order chi connectivity index (χ0) is 16.1. The van der Waals surface area contributed by atoms with Crippen LogP contribution in [-0.4, -0.2) is 32.1 Å². The maximum Gasteiger partial charge on any atom is 0.226 e. The molecule has 2 N–H and O–H groups in total. The van der Waals surface area contributed by atoms with E-state index in [1.54, 1.807) is 0 Å². The number of carbonyl (C=O) groups is 1. The number of hydrogen-bond acceptors (Lipinski definition) is 3. The highest BCUT2D eigenvalue weighted by Crippen LogP contribution is 2.30. The van der Waals surface area contributed by atoms with Gasteiger partial charge in [-0.2, -0.15) is 0 Å². The lowest BCUT2D eigenvalue weighted by Gasteiger charge is -2.30. The van der Waals surface area contributed by atoms with Crippen LogP contribution in [0.15, 0.2) is 18.2 Å². The van der Waals surface area contributed by atoms with E-state index in [1.807, 2.05) is 4.90 Å². The van der Waals surface area contributed by atoms with Crippen LogP contribution in [-0.2, 0) is 11.2 Å². The number of nitrogens with zero attached hydrogens (tertiary/aromatic N) is 1. The third kappa shape index (κ3) is 4.05. The fourth-order valence-electron chi connectivity index (χ4n) is 3.66. The molecule has 2 aliphatic heterocycles. The average molecular weight is 315 g/mol. The molecule has 1 aromatic rings. The van der Waals surface area contributed by atoms with Crippen LogP contribution in [0.3, 0.4) is 0 Å². The Labute approximate surface area is 139 Å². The van der Waals surface area contributed by atoms with Crippen LogP contribution in [0.5, 0.6) is 0 Å². The number of carbonyl (C=O) groups excluding carboxylic acids is 1. The minimum Gasteiger partial charge on any atom is -0.385 e. The number of amides is 1. The predicted molar refractivity (Wildman–Crippen MR) is 96.1 cm³/mol. The smallest absolute Gasteiger partial charge is 0.226 e. The fraction of sp³-hybridized carbons (Fsp3) is 0.632. The van der Waals surface area contributed by atoms with Gasteiger partial charge in [0.1, 0.15) is 0 Å². The second-order valence-corrected chi connectivity index (χ2v) is 6.82. The molecule has 0 bridgehead atoms. The second kappa shape index (κ2) is 7.82. The first kappa shape index (κ1) is 16.3. The number of hydrogen-bond donors (Lipinski definition) is 2. The number of fused-ring (bicyclic) bond motifs is 1. The van der Waals surface area contributed by atoms with Crippen LogP contribution in [0.2, 0.25) is 0 Å². The standard InChI is InChI=1S/C19H29N3O/c1-2-4-19(23)22-12-3-5-16-13-17(6-7-18(16)22)21-14-15-8-10-20-11-9-15/h6-7,13,15,20-21H,2-5,8-12,14H2,1H3. The summed E-state index contributed by atoms with van der Waals surface area (Å²) in [7, 11) is 0. The Kier molecular flexibility index (Phi) is 5.55. The summed E-state index contributed by atoms with van der Waals surface area (Å²) in [5.74, 6) is 1.04. The van der Waals surface area contributed by atoms with Crippen molar-refractivity contribution in [3.63, 3.8) is 0 Å². The van der Waals surface area contributed by atoms with Crippen molar-refractivity contribution >= 4 is 17.3 Å². The Hall–Kier alpha value is -1.55. The molecule has 1 fully saturated rings. The molecular formula is C19H29N3O. The molecule has 0 unspecified atom stereocenters. The number of benzene rings is 1. The molecular weight excluding hydrogens is 286 g/mol. The van der Waals surface area contributed by atoms with E-state index in [9.17, 15) is 4.79 Å². The summed E-state index contributed by atoms with van der Waals surface area (Å²) in [5, 5.41) is 7.02. The van der Waals surface area contributed by atoms with Gasteiger partial charge in [0.25, 0.3) is 0 Å². The maximum absolute atomic E-state index is 12.3. The van der Waals surface area contributed by atoms with Crippen molar-refractivity contribution < 1.29 is 4.79 Å². The van der Waals surface area contributed by atoms with E-state index in [-0.39, 0.29) is 5.91 Å². The number of rotatable bonds is 5. The molecule has 0 atom stereocenters. The van der Waals surface area contributed by atoms with Crippen molar-refractivity contribution in [1.29, 1.82) is 0 Å². The van der Waals surface area contributed by atoms with Crippen molar-refractivity contribution in [3.05, 3.63) is 23.8 Å². The molecule has 23 heavy (non-hydrogen) atoms. The Balaban J connectivity index is 1.65. The van der Waals surface area contributed by atoms with Crippen molar-refractivity contribution in [2.45, 2.75) is 45.4 Å². The van der Waals surface area contributed by atoms with Gasteiger partial charge in [0, 0.05) is 30.9 Å². The van der Waals surface area contributed by atoms with Gasteiger partial charge < -0.3 is 15.5 Å². The summed E-state index contributed by atoms with van der Waals surface area (Å²) >= 11 is 0. The summed E-state index contributed by atoms with van der Waals surface area (Å²) in [6.07, 6.45) is 6.23. The Morgan fingerprint density at radius 1 is 1.35 bits per heavy atom. The summed E-state index contributed by atoms with van der Waals surface area (Å²) in [6.45, 7) is 6.28. The van der Waals surface area contributed by atoms with Gasteiger partial charge in [-0.05, 0) is 74.9 Å². The molecule has 4 heteroatoms. The van der Waals surface area contributed by atoms with Gasteiger partial charge in [-0.1, -0.05) is 6.92 Å². The molecule has 2 aliphatic rings. The Morgan fingerprint density at radius 3 is 2.96 bits per heavy atom. The summed E-state index contributed by atoms with van der Waals surface area (Å²) in [6, 6.07) is 6.52. The van der Waals surface area contributed by atoms with Crippen LogP contribution in [0.4, 0.5) is 11.4 Å². The van der Waals surface area contributed by atoms with Crippen LogP contribution in [0, 0.1) is 5.92 Å². The molecule has 3 rings (SSSR count). The SMILES string of the molecule is CCCC(=O)N1CCCc2cc(NCC3CCNCC3)ccc21. The van der Waals surface area contributed by atoms with Crippen LogP contribution in [0.25, 0.3) is 0 Å². The molecule has 0 radical (unpaired) electrons. The predicted octanol–water partition coefficient (Wildman–Crippen LogP) is 3.18. The fourth-order valence-corrected chi connectivity index (χ4v) is 3.66. The van der Waals surface area contributed by atoms with E-state index in [4.69, 9.17) is 0 Å². The number of aryl methyl sites for hydroxylation is 1. The van der Waals surface area contributed by atoms with E-state index in [1.165, 1.54) is 24.1 Å². The summed E-state index contributed by atoms with van der Waals surface area (Å²) < 4.78 is 0. The summed E-state index contributed by atoms with van der Waals surface area (Å²) in [4.78, 5) is 14.3. The second-order valence-electron chi connectivity index (χ2n) is 6.82. The van der Waals surface area contributed by atoms with Gasteiger partial charge >= 0.3 is 0 Å². The number of nitrogens with one attached hydrogen (secondary N) is 2. The topological polar surface area (TPSA) is 44.4 Å². The van der Waals surface area contributed by atoms with E-state index in [0.717, 1.165) is 57.0 Å². The van der Waals surface area contributed by atoms with Crippen molar-refractivity contribution in [3.8, 4) is 0 Å². The van der Waals surface area contributed by atoms with Gasteiger partial charge in [-0.25, -0.2) is 0 Å². The van der Waals surface area contributed by atoms with Gasteiger partial charge in [0.05, 0.1) is 0 Å². The normalized spacial score (nSPS) is 18.6. The highest BCUT2D eigenvalue weighted by atomic mass is 16.2. The number of piperidine rings is 1. The van der Waals surface area contributed by atoms with Gasteiger partial charge in [-0.3, -0.25) is 4.79 Å². The van der Waals surface area contributed by atoms with Gasteiger partial charge in [0.15, 0.2) is 0 Å². The average Bonchev–Trinajstić information content (AvgIpc) is 2.60. The van der Waals surface area contributed by atoms with Crippen LogP contribution in [0.1, 0.15) is 44.6 Å². The van der Waals surface area contributed by atoms with Crippen molar-refractivity contribution in [2.24, 2.45) is 5.92 Å². The van der Waals surface area contributed by atoms with Gasteiger partial charge in [0.2, 0.25) is 5.91 Å². The van der Waals surface area contributed by atoms with Crippen LogP contribution >= 0.6 is 0 Å². The molecule has 1 aromatic carbocycles. The minimum atomic E-state index is 0.267. The Morgan fingerprint density at radius 2 is 2.17 bits per heavy atom. The van der Waals surface area contributed by atoms with Crippen molar-refractivity contribution in [2.75, 3.05) is 36.4 Å². The van der Waals surface area contributed by atoms with E-state index >= 15 is 0 Å². The lowest BCUT2D eigenvalue weighted by atomic mass is 9.97. The number of anilines is 2. The molecule has 0 saturated carbocycles. The molecule has 0 aliphatic carbocycles. The van der Waals surface area contributed by atoms with Crippen LogP contribution < -0.4 is 15.5 Å². The zero-order valence-electron chi connectivity index (χ0n) is 14.2. The maximum atomic E-state index is 12.3. The molecule has 126 valence electrons. The zero-order valence-corrected chi connectivity index (χ0v) is 14.2. The third-order valence-corrected chi connectivity index (χ3v) is 5.02. The van der Waals surface area contributed by atoms with E-state index in [2.05, 4.69) is 35.8 Å². The highest BCUT2D eigenvalue weighted by Gasteiger charge is 2.22. The van der Waals surface area contributed by atoms with Gasteiger partial charge in [-0.15, -0.1) is 0 Å². The van der Waals surface area contributed by atoms with E-state index < -0.39 is 0 Å². The molecule has 0 aromatic heterocycles. The molecule has 0 spiro atoms. The Bertz CT molecular complexity index is 537. The quantitative estimate of drug-likeness (QED) is 0.877. The lowest BCUT2D eigenvalue weighted by molar-refractivity contribution is -0.118. The third-order valence-electron chi connectivity index (χ3n) is 5.02. The first-order chi connectivity index (χ1) is 11.3. The minimum absolute atomic E-state index is 0.267. The first-order valence-electron chi connectivity index (χ1n) is 9.16. The molecule has 1 amide bonds. The first-order valence-corrected chi connectivity index (χ1v) is 9.16.